The van der Waals surface area contributed by atoms with Gasteiger partial charge in [-0.1, -0.05) is 6.07 Å². The Morgan fingerprint density at radius 2 is 2.31 bits per heavy atom. The first kappa shape index (κ1) is 12.6. The number of hydrogen-bond acceptors (Lipinski definition) is 3. The minimum Gasteiger partial charge on any atom is -0.372 e. The van der Waals surface area contributed by atoms with Gasteiger partial charge in [0, 0.05) is 12.3 Å². The summed E-state index contributed by atoms with van der Waals surface area (Å²) < 4.78 is 17.8. The van der Waals surface area contributed by atoms with E-state index in [-0.39, 0.29) is 18.3 Å². The van der Waals surface area contributed by atoms with Crippen LogP contribution in [0.5, 0.6) is 0 Å². The summed E-state index contributed by atoms with van der Waals surface area (Å²) in [5, 5.41) is 2.52. The molecule has 1 aromatic carbocycles. The molecule has 0 fully saturated rings. The van der Waals surface area contributed by atoms with Gasteiger partial charge < -0.3 is 15.8 Å². The second-order valence-corrected chi connectivity index (χ2v) is 3.25. The van der Waals surface area contributed by atoms with E-state index in [4.69, 9.17) is 10.5 Å². The van der Waals surface area contributed by atoms with Gasteiger partial charge in [-0.25, -0.2) is 4.39 Å². The first-order chi connectivity index (χ1) is 7.72. The molecule has 0 saturated heterocycles. The van der Waals surface area contributed by atoms with Crippen LogP contribution in [0.15, 0.2) is 24.3 Å². The molecule has 5 heteroatoms. The average Bonchev–Trinajstić information content (AvgIpc) is 2.24. The molecule has 0 aliphatic heterocycles. The Morgan fingerprint density at radius 3 is 3.00 bits per heavy atom. The molecule has 0 atom stereocenters. The molecule has 1 amide bonds. The standard InChI is InChI=1S/C11H15FN2O2/c12-9-3-1-4-10(7-9)14-11(15)8-16-6-2-5-13/h1,3-4,7H,2,5-6,8,13H2,(H,14,15). The van der Waals surface area contributed by atoms with Crippen molar-refractivity contribution in [2.45, 2.75) is 6.42 Å². The molecular weight excluding hydrogens is 211 g/mol. The smallest absolute Gasteiger partial charge is 0.250 e. The first-order valence-electron chi connectivity index (χ1n) is 5.05. The van der Waals surface area contributed by atoms with E-state index in [1.807, 2.05) is 0 Å². The second kappa shape index (κ2) is 6.92. The van der Waals surface area contributed by atoms with Crippen LogP contribution in [0.4, 0.5) is 10.1 Å². The van der Waals surface area contributed by atoms with Crippen molar-refractivity contribution in [3.05, 3.63) is 30.1 Å². The monoisotopic (exact) mass is 226 g/mol. The van der Waals surface area contributed by atoms with Crippen LogP contribution < -0.4 is 11.1 Å². The lowest BCUT2D eigenvalue weighted by Gasteiger charge is -2.05. The van der Waals surface area contributed by atoms with E-state index in [1.54, 1.807) is 6.07 Å². The van der Waals surface area contributed by atoms with E-state index in [9.17, 15) is 9.18 Å². The molecule has 0 bridgehead atoms. The van der Waals surface area contributed by atoms with Gasteiger partial charge in [-0.15, -0.1) is 0 Å². The van der Waals surface area contributed by atoms with Crippen molar-refractivity contribution in [1.82, 2.24) is 0 Å². The van der Waals surface area contributed by atoms with Crippen LogP contribution in [0.25, 0.3) is 0 Å². The van der Waals surface area contributed by atoms with Crippen LogP contribution in [0.3, 0.4) is 0 Å². The highest BCUT2D eigenvalue weighted by atomic mass is 19.1. The highest BCUT2D eigenvalue weighted by molar-refractivity contribution is 5.91. The number of carbonyl (C=O) groups excluding carboxylic acids is 1. The zero-order valence-electron chi connectivity index (χ0n) is 8.91. The Kier molecular flexibility index (Phi) is 5.45. The zero-order valence-corrected chi connectivity index (χ0v) is 8.91. The summed E-state index contributed by atoms with van der Waals surface area (Å²) in [4.78, 5) is 11.3. The number of amides is 1. The maximum atomic E-state index is 12.8. The maximum Gasteiger partial charge on any atom is 0.250 e. The van der Waals surface area contributed by atoms with Gasteiger partial charge in [0.25, 0.3) is 0 Å². The molecule has 0 aromatic heterocycles. The van der Waals surface area contributed by atoms with Crippen molar-refractivity contribution in [1.29, 1.82) is 0 Å². The SMILES string of the molecule is NCCCOCC(=O)Nc1cccc(F)c1. The van der Waals surface area contributed by atoms with Gasteiger partial charge in [0.1, 0.15) is 12.4 Å². The molecule has 0 saturated carbocycles. The molecule has 0 spiro atoms. The lowest BCUT2D eigenvalue weighted by molar-refractivity contribution is -0.120. The third kappa shape index (κ3) is 4.86. The quantitative estimate of drug-likeness (QED) is 0.715. The van der Waals surface area contributed by atoms with Crippen molar-refractivity contribution < 1.29 is 13.9 Å². The highest BCUT2D eigenvalue weighted by Crippen LogP contribution is 2.08. The van der Waals surface area contributed by atoms with Crippen LogP contribution >= 0.6 is 0 Å². The Hall–Kier alpha value is -1.46. The number of hydrogen-bond donors (Lipinski definition) is 2. The number of ether oxygens (including phenoxy) is 1. The van der Waals surface area contributed by atoms with Crippen molar-refractivity contribution in [3.8, 4) is 0 Å². The number of rotatable bonds is 6. The molecule has 1 aromatic rings. The third-order valence-electron chi connectivity index (χ3n) is 1.83. The topological polar surface area (TPSA) is 64.3 Å². The van der Waals surface area contributed by atoms with E-state index in [0.29, 0.717) is 25.3 Å². The Morgan fingerprint density at radius 1 is 1.50 bits per heavy atom. The van der Waals surface area contributed by atoms with E-state index >= 15 is 0 Å². The molecule has 16 heavy (non-hydrogen) atoms. The molecule has 3 N–H and O–H groups in total. The van der Waals surface area contributed by atoms with Gasteiger partial charge in [0.05, 0.1) is 0 Å². The van der Waals surface area contributed by atoms with Gasteiger partial charge in [-0.3, -0.25) is 4.79 Å². The lowest BCUT2D eigenvalue weighted by Crippen LogP contribution is -2.19. The first-order valence-corrected chi connectivity index (χ1v) is 5.05. The van der Waals surface area contributed by atoms with Crippen LogP contribution in [-0.2, 0) is 9.53 Å². The molecule has 88 valence electrons. The van der Waals surface area contributed by atoms with E-state index in [1.165, 1.54) is 18.2 Å². The Labute approximate surface area is 93.6 Å². The predicted octanol–water partition coefficient (Wildman–Crippen LogP) is 1.13. The van der Waals surface area contributed by atoms with E-state index in [0.717, 1.165) is 0 Å². The summed E-state index contributed by atoms with van der Waals surface area (Å²) in [6.07, 6.45) is 0.716. The number of benzene rings is 1. The fourth-order valence-corrected chi connectivity index (χ4v) is 1.11. The highest BCUT2D eigenvalue weighted by Gasteiger charge is 2.02. The fourth-order valence-electron chi connectivity index (χ4n) is 1.11. The van der Waals surface area contributed by atoms with Crippen LogP contribution in [-0.4, -0.2) is 25.7 Å². The van der Waals surface area contributed by atoms with Gasteiger partial charge in [-0.05, 0) is 31.2 Å². The van der Waals surface area contributed by atoms with Crippen molar-refractivity contribution >= 4 is 11.6 Å². The summed E-state index contributed by atoms with van der Waals surface area (Å²) in [6.45, 7) is 0.940. The largest absolute Gasteiger partial charge is 0.372 e. The Balaban J connectivity index is 2.29. The fraction of sp³-hybridized carbons (Fsp3) is 0.364. The minimum absolute atomic E-state index is 0.0451. The molecular formula is C11H15FN2O2. The van der Waals surface area contributed by atoms with Crippen molar-refractivity contribution in [2.24, 2.45) is 5.73 Å². The van der Waals surface area contributed by atoms with Gasteiger partial charge in [0.2, 0.25) is 5.91 Å². The van der Waals surface area contributed by atoms with Gasteiger partial charge >= 0.3 is 0 Å². The summed E-state index contributed by atoms with van der Waals surface area (Å²) >= 11 is 0. The Bertz CT molecular complexity index is 345. The number of nitrogens with two attached hydrogens (primary N) is 1. The summed E-state index contributed by atoms with van der Waals surface area (Å²) in [5.74, 6) is -0.690. The molecule has 0 aliphatic carbocycles. The third-order valence-corrected chi connectivity index (χ3v) is 1.83. The normalized spacial score (nSPS) is 10.1. The van der Waals surface area contributed by atoms with Gasteiger partial charge in [-0.2, -0.15) is 0 Å². The van der Waals surface area contributed by atoms with Gasteiger partial charge in [0.15, 0.2) is 0 Å². The van der Waals surface area contributed by atoms with Crippen LogP contribution in [0.2, 0.25) is 0 Å². The molecule has 4 nitrogen and oxygen atoms in total. The number of nitrogens with one attached hydrogen (secondary N) is 1. The van der Waals surface area contributed by atoms with Crippen molar-refractivity contribution in [2.75, 3.05) is 25.1 Å². The molecule has 0 aliphatic rings. The zero-order chi connectivity index (χ0) is 11.8. The molecule has 0 heterocycles. The van der Waals surface area contributed by atoms with E-state index in [2.05, 4.69) is 5.32 Å². The molecule has 0 unspecified atom stereocenters. The number of anilines is 1. The number of halogens is 1. The maximum absolute atomic E-state index is 12.8. The van der Waals surface area contributed by atoms with Crippen LogP contribution in [0.1, 0.15) is 6.42 Å². The molecule has 0 radical (unpaired) electrons. The summed E-state index contributed by atoms with van der Waals surface area (Å²) in [7, 11) is 0. The lowest BCUT2D eigenvalue weighted by atomic mass is 10.3. The minimum atomic E-state index is -0.387. The second-order valence-electron chi connectivity index (χ2n) is 3.25. The average molecular weight is 226 g/mol. The van der Waals surface area contributed by atoms with Crippen molar-refractivity contribution in [3.63, 3.8) is 0 Å². The number of carbonyl (C=O) groups is 1. The summed E-state index contributed by atoms with van der Waals surface area (Å²) in [6, 6.07) is 5.70. The molecule has 1 rings (SSSR count). The summed E-state index contributed by atoms with van der Waals surface area (Å²) in [5.41, 5.74) is 5.69. The van der Waals surface area contributed by atoms with E-state index < -0.39 is 0 Å². The predicted molar refractivity (Wildman–Crippen MR) is 59.5 cm³/mol. The van der Waals surface area contributed by atoms with Crippen LogP contribution in [0, 0.1) is 5.82 Å².